The van der Waals surface area contributed by atoms with Crippen molar-refractivity contribution in [2.75, 3.05) is 32.2 Å². The fourth-order valence-corrected chi connectivity index (χ4v) is 1.53. The third-order valence-electron chi connectivity index (χ3n) is 2.54. The van der Waals surface area contributed by atoms with Crippen LogP contribution in [-0.4, -0.2) is 38.8 Å². The van der Waals surface area contributed by atoms with Gasteiger partial charge in [0.15, 0.2) is 0 Å². The highest BCUT2D eigenvalue weighted by molar-refractivity contribution is 5.92. The van der Waals surface area contributed by atoms with Gasteiger partial charge in [-0.05, 0) is 26.0 Å². The zero-order chi connectivity index (χ0) is 14.1. The van der Waals surface area contributed by atoms with Gasteiger partial charge >= 0.3 is 0 Å². The third kappa shape index (κ3) is 6.22. The Balaban J connectivity index is 2.34. The highest BCUT2D eigenvalue weighted by atomic mass is 16.5. The molecule has 0 bridgehead atoms. The van der Waals surface area contributed by atoms with E-state index in [0.717, 1.165) is 11.4 Å². The molecule has 1 amide bonds. The molecule has 0 saturated heterocycles. The highest BCUT2D eigenvalue weighted by Crippen LogP contribution is 2.16. The van der Waals surface area contributed by atoms with Gasteiger partial charge in [-0.1, -0.05) is 6.07 Å². The molecule has 0 spiro atoms. The summed E-state index contributed by atoms with van der Waals surface area (Å²) < 4.78 is 10.4. The Morgan fingerprint density at radius 3 is 2.89 bits per heavy atom. The van der Waals surface area contributed by atoms with Crippen LogP contribution in [0.1, 0.15) is 13.8 Å². The molecule has 1 aromatic rings. The van der Waals surface area contributed by atoms with E-state index < -0.39 is 0 Å². The van der Waals surface area contributed by atoms with Crippen LogP contribution in [0.2, 0.25) is 0 Å². The van der Waals surface area contributed by atoms with Crippen molar-refractivity contribution in [2.24, 2.45) is 0 Å². The number of nitrogens with one attached hydrogen (secondary N) is 2. The first kappa shape index (κ1) is 15.5. The minimum atomic E-state index is -0.0865. The van der Waals surface area contributed by atoms with Crippen LogP contribution in [0.5, 0.6) is 5.75 Å². The van der Waals surface area contributed by atoms with Crippen molar-refractivity contribution in [1.82, 2.24) is 5.32 Å². The second-order valence-corrected chi connectivity index (χ2v) is 4.22. The summed E-state index contributed by atoms with van der Waals surface area (Å²) >= 11 is 0. The summed E-state index contributed by atoms with van der Waals surface area (Å²) in [5.41, 5.74) is 0.726. The minimum absolute atomic E-state index is 0.0865. The van der Waals surface area contributed by atoms with E-state index in [4.69, 9.17) is 9.47 Å². The van der Waals surface area contributed by atoms with Gasteiger partial charge in [-0.25, -0.2) is 0 Å². The first-order valence-electron chi connectivity index (χ1n) is 6.40. The lowest BCUT2D eigenvalue weighted by atomic mass is 10.3. The smallest absolute Gasteiger partial charge is 0.238 e. The maximum Gasteiger partial charge on any atom is 0.238 e. The van der Waals surface area contributed by atoms with Crippen molar-refractivity contribution >= 4 is 11.6 Å². The molecule has 1 rings (SSSR count). The molecular weight excluding hydrogens is 244 g/mol. The van der Waals surface area contributed by atoms with Crippen LogP contribution < -0.4 is 15.4 Å². The quantitative estimate of drug-likeness (QED) is 0.751. The van der Waals surface area contributed by atoms with Gasteiger partial charge in [0.2, 0.25) is 5.91 Å². The molecule has 0 fully saturated rings. The zero-order valence-electron chi connectivity index (χ0n) is 11.7. The standard InChI is InChI=1S/C14H22N2O3/c1-4-19-10-11(2)15-9-14(17)16-12-6-5-7-13(8-12)18-3/h5-8,11,15H,4,9-10H2,1-3H3,(H,16,17). The average molecular weight is 266 g/mol. The average Bonchev–Trinajstić information content (AvgIpc) is 2.43. The number of anilines is 1. The predicted octanol–water partition coefficient (Wildman–Crippen LogP) is 1.65. The lowest BCUT2D eigenvalue weighted by molar-refractivity contribution is -0.115. The van der Waals surface area contributed by atoms with Crippen LogP contribution in [0.15, 0.2) is 24.3 Å². The van der Waals surface area contributed by atoms with Gasteiger partial charge in [0.25, 0.3) is 0 Å². The summed E-state index contributed by atoms with van der Waals surface area (Å²) in [5, 5.41) is 5.90. The molecule has 0 radical (unpaired) electrons. The maximum absolute atomic E-state index is 11.7. The van der Waals surface area contributed by atoms with E-state index in [1.165, 1.54) is 0 Å². The topological polar surface area (TPSA) is 59.6 Å². The van der Waals surface area contributed by atoms with Crippen molar-refractivity contribution < 1.29 is 14.3 Å². The number of amides is 1. The Bertz CT molecular complexity index is 396. The summed E-state index contributed by atoms with van der Waals surface area (Å²) in [5.74, 6) is 0.632. The van der Waals surface area contributed by atoms with Gasteiger partial charge in [-0.3, -0.25) is 4.79 Å². The third-order valence-corrected chi connectivity index (χ3v) is 2.54. The van der Waals surface area contributed by atoms with E-state index in [-0.39, 0.29) is 18.5 Å². The van der Waals surface area contributed by atoms with E-state index in [1.807, 2.05) is 32.0 Å². The lowest BCUT2D eigenvalue weighted by Gasteiger charge is -2.13. The molecule has 0 aliphatic carbocycles. The maximum atomic E-state index is 11.7. The molecule has 1 unspecified atom stereocenters. The Morgan fingerprint density at radius 1 is 1.42 bits per heavy atom. The van der Waals surface area contributed by atoms with Crippen LogP contribution >= 0.6 is 0 Å². The van der Waals surface area contributed by atoms with E-state index in [9.17, 15) is 4.79 Å². The molecule has 1 aromatic carbocycles. The molecule has 19 heavy (non-hydrogen) atoms. The first-order valence-corrected chi connectivity index (χ1v) is 6.40. The number of carbonyl (C=O) groups is 1. The number of hydrogen-bond donors (Lipinski definition) is 2. The molecule has 5 heteroatoms. The molecule has 0 aromatic heterocycles. The van der Waals surface area contributed by atoms with Crippen molar-refractivity contribution in [1.29, 1.82) is 0 Å². The highest BCUT2D eigenvalue weighted by Gasteiger charge is 2.06. The van der Waals surface area contributed by atoms with Gasteiger partial charge in [-0.15, -0.1) is 0 Å². The molecule has 0 heterocycles. The second-order valence-electron chi connectivity index (χ2n) is 4.22. The van der Waals surface area contributed by atoms with Crippen LogP contribution in [0, 0.1) is 0 Å². The molecule has 0 aliphatic heterocycles. The number of ether oxygens (including phenoxy) is 2. The molecule has 0 aliphatic rings. The van der Waals surface area contributed by atoms with E-state index in [0.29, 0.717) is 13.2 Å². The van der Waals surface area contributed by atoms with Crippen molar-refractivity contribution in [2.45, 2.75) is 19.9 Å². The lowest BCUT2D eigenvalue weighted by Crippen LogP contribution is -2.37. The van der Waals surface area contributed by atoms with Gasteiger partial charge in [0.05, 0.1) is 20.3 Å². The first-order chi connectivity index (χ1) is 9.15. The van der Waals surface area contributed by atoms with Crippen LogP contribution in [-0.2, 0) is 9.53 Å². The summed E-state index contributed by atoms with van der Waals surface area (Å²) in [4.78, 5) is 11.7. The van der Waals surface area contributed by atoms with Crippen LogP contribution in [0.3, 0.4) is 0 Å². The summed E-state index contributed by atoms with van der Waals surface area (Å²) in [6.45, 7) is 5.47. The fraction of sp³-hybridized carbons (Fsp3) is 0.500. The predicted molar refractivity (Wildman–Crippen MR) is 75.6 cm³/mol. The number of hydrogen-bond acceptors (Lipinski definition) is 4. The SMILES string of the molecule is CCOCC(C)NCC(=O)Nc1cccc(OC)c1. The van der Waals surface area contributed by atoms with Crippen molar-refractivity contribution in [3.63, 3.8) is 0 Å². The molecule has 5 nitrogen and oxygen atoms in total. The normalized spacial score (nSPS) is 11.9. The summed E-state index contributed by atoms with van der Waals surface area (Å²) in [6, 6.07) is 7.42. The number of methoxy groups -OCH3 is 1. The number of benzene rings is 1. The van der Waals surface area contributed by atoms with Gasteiger partial charge in [0.1, 0.15) is 5.75 Å². The summed E-state index contributed by atoms with van der Waals surface area (Å²) in [6.07, 6.45) is 0. The number of rotatable bonds is 8. The van der Waals surface area contributed by atoms with Crippen molar-refractivity contribution in [3.05, 3.63) is 24.3 Å². The van der Waals surface area contributed by atoms with Gasteiger partial charge in [0, 0.05) is 24.4 Å². The second kappa shape index (κ2) is 8.50. The fourth-order valence-electron chi connectivity index (χ4n) is 1.53. The van der Waals surface area contributed by atoms with E-state index >= 15 is 0 Å². The largest absolute Gasteiger partial charge is 0.497 e. The molecular formula is C14H22N2O3. The molecule has 0 saturated carbocycles. The molecule has 1 atom stereocenters. The summed E-state index contributed by atoms with van der Waals surface area (Å²) in [7, 11) is 1.60. The number of carbonyl (C=O) groups excluding carboxylic acids is 1. The van der Waals surface area contributed by atoms with E-state index in [2.05, 4.69) is 10.6 Å². The Morgan fingerprint density at radius 2 is 2.21 bits per heavy atom. The van der Waals surface area contributed by atoms with Crippen LogP contribution in [0.25, 0.3) is 0 Å². The van der Waals surface area contributed by atoms with Crippen LogP contribution in [0.4, 0.5) is 5.69 Å². The monoisotopic (exact) mass is 266 g/mol. The minimum Gasteiger partial charge on any atom is -0.497 e. The van der Waals surface area contributed by atoms with Gasteiger partial charge < -0.3 is 20.1 Å². The molecule has 2 N–H and O–H groups in total. The Labute approximate surface area is 114 Å². The Hall–Kier alpha value is -1.59. The van der Waals surface area contributed by atoms with Gasteiger partial charge in [-0.2, -0.15) is 0 Å². The molecule has 106 valence electrons. The zero-order valence-corrected chi connectivity index (χ0v) is 11.7. The van der Waals surface area contributed by atoms with E-state index in [1.54, 1.807) is 13.2 Å². The van der Waals surface area contributed by atoms with Crippen molar-refractivity contribution in [3.8, 4) is 5.75 Å². The Kier molecular flexibility index (Phi) is 6.92.